The molecule has 0 radical (unpaired) electrons. The van der Waals surface area contributed by atoms with Gasteiger partial charge in [-0.15, -0.1) is 11.8 Å². The molecular weight excluding hydrogens is 398 g/mol. The number of benzene rings is 2. The van der Waals surface area contributed by atoms with Crippen LogP contribution in [0.25, 0.3) is 5.57 Å². The summed E-state index contributed by atoms with van der Waals surface area (Å²) in [4.78, 5) is 40.5. The number of carbonyl (C=O) groups is 3. The summed E-state index contributed by atoms with van der Waals surface area (Å²) in [5.74, 6) is -1.21. The minimum Gasteiger partial charge on any atom is -0.462 e. The number of carbonyl (C=O) groups excluding carboxylic acids is 3. The van der Waals surface area contributed by atoms with Crippen molar-refractivity contribution < 1.29 is 19.1 Å². The van der Waals surface area contributed by atoms with Crippen LogP contribution in [0.1, 0.15) is 49.5 Å². The molecule has 1 aliphatic heterocycles. The SMILES string of the molecule is CCCCOC(=O)c1cccc(N2C(=O)C(SC(C)C)=C(c3ccccc3)C2=O)c1. The van der Waals surface area contributed by atoms with E-state index in [9.17, 15) is 14.4 Å². The molecule has 0 N–H and O–H groups in total. The van der Waals surface area contributed by atoms with E-state index in [1.165, 1.54) is 17.8 Å². The van der Waals surface area contributed by atoms with Gasteiger partial charge in [0.2, 0.25) is 0 Å². The number of unbranched alkanes of at least 4 members (excludes halogenated alkanes) is 1. The predicted molar refractivity (Wildman–Crippen MR) is 120 cm³/mol. The Labute approximate surface area is 181 Å². The van der Waals surface area contributed by atoms with Crippen LogP contribution in [0.4, 0.5) is 5.69 Å². The summed E-state index contributed by atoms with van der Waals surface area (Å²) in [5, 5.41) is 0.135. The fourth-order valence-electron chi connectivity index (χ4n) is 3.11. The van der Waals surface area contributed by atoms with Crippen LogP contribution < -0.4 is 4.90 Å². The first-order valence-electron chi connectivity index (χ1n) is 10.1. The second-order valence-electron chi connectivity index (χ2n) is 7.22. The molecule has 0 saturated carbocycles. The van der Waals surface area contributed by atoms with E-state index >= 15 is 0 Å². The zero-order valence-electron chi connectivity index (χ0n) is 17.4. The molecule has 0 fully saturated rings. The van der Waals surface area contributed by atoms with Crippen LogP contribution in [-0.2, 0) is 14.3 Å². The molecule has 6 heteroatoms. The van der Waals surface area contributed by atoms with Gasteiger partial charge in [0.05, 0.1) is 28.3 Å². The molecule has 0 bridgehead atoms. The summed E-state index contributed by atoms with van der Waals surface area (Å²) in [5.41, 5.74) is 1.78. The monoisotopic (exact) mass is 423 g/mol. The molecule has 1 heterocycles. The molecule has 1 aliphatic rings. The van der Waals surface area contributed by atoms with E-state index < -0.39 is 5.97 Å². The van der Waals surface area contributed by atoms with Gasteiger partial charge in [0, 0.05) is 5.25 Å². The molecule has 2 aromatic carbocycles. The highest BCUT2D eigenvalue weighted by molar-refractivity contribution is 8.04. The minimum atomic E-state index is -0.461. The number of imide groups is 1. The summed E-state index contributed by atoms with van der Waals surface area (Å²) in [6, 6.07) is 15.7. The van der Waals surface area contributed by atoms with Gasteiger partial charge >= 0.3 is 5.97 Å². The number of rotatable bonds is 8. The predicted octanol–water partition coefficient (Wildman–Crippen LogP) is 5.07. The van der Waals surface area contributed by atoms with Crippen molar-refractivity contribution in [3.8, 4) is 0 Å². The third-order valence-electron chi connectivity index (χ3n) is 4.53. The maximum absolute atomic E-state index is 13.3. The number of nitrogens with zero attached hydrogens (tertiary/aromatic N) is 1. The molecule has 0 saturated heterocycles. The third-order valence-corrected chi connectivity index (χ3v) is 5.61. The van der Waals surface area contributed by atoms with Gasteiger partial charge in [0.15, 0.2) is 0 Å². The van der Waals surface area contributed by atoms with Crippen molar-refractivity contribution in [1.82, 2.24) is 0 Å². The van der Waals surface area contributed by atoms with Gasteiger partial charge in [0.25, 0.3) is 11.8 Å². The van der Waals surface area contributed by atoms with Crippen LogP contribution in [0.2, 0.25) is 0 Å². The number of hydrogen-bond donors (Lipinski definition) is 0. The van der Waals surface area contributed by atoms with E-state index in [-0.39, 0.29) is 17.1 Å². The number of thioether (sulfide) groups is 1. The van der Waals surface area contributed by atoms with Crippen molar-refractivity contribution in [1.29, 1.82) is 0 Å². The van der Waals surface area contributed by atoms with Crippen molar-refractivity contribution in [2.75, 3.05) is 11.5 Å². The van der Waals surface area contributed by atoms with Gasteiger partial charge in [-0.25, -0.2) is 9.69 Å². The second kappa shape index (κ2) is 9.76. The topological polar surface area (TPSA) is 63.7 Å². The number of esters is 1. The molecular formula is C24H25NO4S. The zero-order chi connectivity index (χ0) is 21.7. The van der Waals surface area contributed by atoms with Crippen molar-refractivity contribution in [2.45, 2.75) is 38.9 Å². The van der Waals surface area contributed by atoms with Gasteiger partial charge in [-0.05, 0) is 30.2 Å². The summed E-state index contributed by atoms with van der Waals surface area (Å²) >= 11 is 1.38. The molecule has 5 nitrogen and oxygen atoms in total. The first kappa shape index (κ1) is 21.8. The van der Waals surface area contributed by atoms with Crippen molar-refractivity contribution >= 4 is 40.8 Å². The number of ether oxygens (including phenoxy) is 1. The van der Waals surface area contributed by atoms with Crippen LogP contribution in [0.5, 0.6) is 0 Å². The third kappa shape index (κ3) is 4.65. The Morgan fingerprint density at radius 3 is 2.43 bits per heavy atom. The Morgan fingerprint density at radius 1 is 1.03 bits per heavy atom. The van der Waals surface area contributed by atoms with E-state index in [0.29, 0.717) is 33.9 Å². The molecule has 0 spiro atoms. The molecule has 156 valence electrons. The Balaban J connectivity index is 1.95. The highest BCUT2D eigenvalue weighted by atomic mass is 32.2. The summed E-state index contributed by atoms with van der Waals surface area (Å²) in [6.07, 6.45) is 1.71. The highest BCUT2D eigenvalue weighted by Gasteiger charge is 2.40. The average Bonchev–Trinajstić information content (AvgIpc) is 2.98. The Kier molecular flexibility index (Phi) is 7.11. The molecule has 0 atom stereocenters. The molecule has 30 heavy (non-hydrogen) atoms. The lowest BCUT2D eigenvalue weighted by Crippen LogP contribution is -2.31. The first-order valence-corrected chi connectivity index (χ1v) is 10.9. The lowest BCUT2D eigenvalue weighted by Gasteiger charge is -2.16. The van der Waals surface area contributed by atoms with Crippen LogP contribution >= 0.6 is 11.8 Å². The van der Waals surface area contributed by atoms with Crippen molar-refractivity contribution in [3.05, 3.63) is 70.6 Å². The number of anilines is 1. The number of hydrogen-bond acceptors (Lipinski definition) is 5. The average molecular weight is 424 g/mol. The smallest absolute Gasteiger partial charge is 0.338 e. The number of amides is 2. The van der Waals surface area contributed by atoms with E-state index in [2.05, 4.69) is 0 Å². The lowest BCUT2D eigenvalue weighted by atomic mass is 10.1. The maximum atomic E-state index is 13.3. The van der Waals surface area contributed by atoms with Crippen molar-refractivity contribution in [3.63, 3.8) is 0 Å². The maximum Gasteiger partial charge on any atom is 0.338 e. The van der Waals surface area contributed by atoms with Crippen LogP contribution in [0, 0.1) is 0 Å². The van der Waals surface area contributed by atoms with E-state index in [1.54, 1.807) is 18.2 Å². The normalized spacial score (nSPS) is 14.1. The largest absolute Gasteiger partial charge is 0.462 e. The van der Waals surface area contributed by atoms with Gasteiger partial charge in [-0.2, -0.15) is 0 Å². The van der Waals surface area contributed by atoms with Crippen molar-refractivity contribution in [2.24, 2.45) is 0 Å². The van der Waals surface area contributed by atoms with Gasteiger partial charge in [-0.1, -0.05) is 63.6 Å². The minimum absolute atomic E-state index is 0.135. The Hall–Kier alpha value is -2.86. The molecule has 0 aliphatic carbocycles. The Bertz CT molecular complexity index is 982. The highest BCUT2D eigenvalue weighted by Crippen LogP contribution is 2.39. The van der Waals surface area contributed by atoms with E-state index in [0.717, 1.165) is 17.7 Å². The van der Waals surface area contributed by atoms with Crippen LogP contribution in [-0.4, -0.2) is 29.6 Å². The van der Waals surface area contributed by atoms with Crippen LogP contribution in [0.15, 0.2) is 59.5 Å². The summed E-state index contributed by atoms with van der Waals surface area (Å²) < 4.78 is 5.26. The molecule has 2 aromatic rings. The molecule has 0 aromatic heterocycles. The summed E-state index contributed by atoms with van der Waals surface area (Å²) in [7, 11) is 0. The second-order valence-corrected chi connectivity index (χ2v) is 8.81. The molecule has 3 rings (SSSR count). The zero-order valence-corrected chi connectivity index (χ0v) is 18.2. The first-order chi connectivity index (χ1) is 14.4. The standard InChI is InChI=1S/C24H25NO4S/c1-4-5-14-29-24(28)18-12-9-13-19(15-18)25-22(26)20(17-10-7-6-8-11-17)21(23(25)27)30-16(2)3/h6-13,15-16H,4-5,14H2,1-3H3. The van der Waals surface area contributed by atoms with Gasteiger partial charge < -0.3 is 4.74 Å². The fourth-order valence-corrected chi connectivity index (χ4v) is 4.10. The fraction of sp³-hybridized carbons (Fsp3) is 0.292. The molecule has 2 amide bonds. The van der Waals surface area contributed by atoms with E-state index in [4.69, 9.17) is 4.74 Å². The van der Waals surface area contributed by atoms with Crippen LogP contribution in [0.3, 0.4) is 0 Å². The lowest BCUT2D eigenvalue weighted by molar-refractivity contribution is -0.119. The van der Waals surface area contributed by atoms with E-state index in [1.807, 2.05) is 51.1 Å². The molecule has 0 unspecified atom stereocenters. The summed E-state index contributed by atoms with van der Waals surface area (Å²) in [6.45, 7) is 6.32. The van der Waals surface area contributed by atoms with Gasteiger partial charge in [-0.3, -0.25) is 9.59 Å². The van der Waals surface area contributed by atoms with Gasteiger partial charge in [0.1, 0.15) is 0 Å². The quantitative estimate of drug-likeness (QED) is 0.337. The Morgan fingerprint density at radius 2 is 1.77 bits per heavy atom.